The van der Waals surface area contributed by atoms with E-state index in [-0.39, 0.29) is 12.5 Å². The summed E-state index contributed by atoms with van der Waals surface area (Å²) >= 11 is 0. The summed E-state index contributed by atoms with van der Waals surface area (Å²) in [6, 6.07) is 12.4. The molecule has 1 heterocycles. The number of nitrogens with zero attached hydrogens (tertiary/aromatic N) is 2. The lowest BCUT2D eigenvalue weighted by Crippen LogP contribution is -2.48. The molecule has 0 saturated heterocycles. The van der Waals surface area contributed by atoms with Crippen LogP contribution in [0, 0.1) is 0 Å². The van der Waals surface area contributed by atoms with Crippen LogP contribution in [0.15, 0.2) is 42.6 Å². The van der Waals surface area contributed by atoms with Crippen molar-refractivity contribution in [3.05, 3.63) is 53.7 Å². The number of hydrogen-bond acceptors (Lipinski definition) is 4. The molecule has 0 radical (unpaired) electrons. The smallest absolute Gasteiger partial charge is 0.244 e. The highest BCUT2D eigenvalue weighted by Gasteiger charge is 2.29. The largest absolute Gasteiger partial charge is 0.394 e. The first-order chi connectivity index (χ1) is 12.0. The van der Waals surface area contributed by atoms with Gasteiger partial charge in [0.25, 0.3) is 0 Å². The lowest BCUT2D eigenvalue weighted by molar-refractivity contribution is 0.0927. The lowest BCUT2D eigenvalue weighted by Gasteiger charge is -2.33. The van der Waals surface area contributed by atoms with Crippen LogP contribution in [-0.2, 0) is 12.8 Å². The Kier molecular flexibility index (Phi) is 3.71. The second-order valence-corrected chi connectivity index (χ2v) is 7.03. The van der Waals surface area contributed by atoms with Crippen molar-refractivity contribution in [1.29, 1.82) is 0 Å². The molecule has 3 N–H and O–H groups in total. The Hall–Kier alpha value is -2.50. The summed E-state index contributed by atoms with van der Waals surface area (Å²) in [5, 5.41) is 14.6. The van der Waals surface area contributed by atoms with Crippen molar-refractivity contribution in [3.8, 4) is 11.1 Å². The van der Waals surface area contributed by atoms with Gasteiger partial charge in [0.05, 0.1) is 18.3 Å². The molecule has 128 valence electrons. The zero-order valence-electron chi connectivity index (χ0n) is 14.2. The van der Waals surface area contributed by atoms with Gasteiger partial charge < -0.3 is 10.8 Å². The first-order valence-electron chi connectivity index (χ1n) is 8.50. The van der Waals surface area contributed by atoms with Gasteiger partial charge in [0.2, 0.25) is 5.91 Å². The van der Waals surface area contributed by atoms with Gasteiger partial charge in [-0.3, -0.25) is 4.79 Å². The second kappa shape index (κ2) is 5.79. The van der Waals surface area contributed by atoms with Gasteiger partial charge in [-0.05, 0) is 47.6 Å². The summed E-state index contributed by atoms with van der Waals surface area (Å²) in [6.45, 7) is 1.53. The van der Waals surface area contributed by atoms with Crippen LogP contribution in [0.1, 0.15) is 29.3 Å². The van der Waals surface area contributed by atoms with Crippen LogP contribution >= 0.6 is 0 Å². The third-order valence-corrected chi connectivity index (χ3v) is 5.16. The molecule has 0 fully saturated rings. The predicted molar refractivity (Wildman–Crippen MR) is 97.5 cm³/mol. The van der Waals surface area contributed by atoms with Crippen molar-refractivity contribution in [2.45, 2.75) is 31.7 Å². The molecular weight excluding hydrogens is 314 g/mol. The zero-order valence-corrected chi connectivity index (χ0v) is 14.2. The van der Waals surface area contributed by atoms with E-state index in [1.54, 1.807) is 6.20 Å². The fourth-order valence-electron chi connectivity index (χ4n) is 3.65. The molecule has 0 bridgehead atoms. The highest BCUT2D eigenvalue weighted by Crippen LogP contribution is 2.32. The molecule has 25 heavy (non-hydrogen) atoms. The molecular formula is C20H21N3O2. The third-order valence-electron chi connectivity index (χ3n) is 5.16. The number of aromatic nitrogens is 2. The number of rotatable bonds is 2. The maximum atomic E-state index is 11.7. The summed E-state index contributed by atoms with van der Waals surface area (Å²) in [4.78, 5) is 11.7. The monoisotopic (exact) mass is 335 g/mol. The number of aliphatic hydroxyl groups excluding tert-OH is 1. The number of aryl methyl sites for hydroxylation is 1. The van der Waals surface area contributed by atoms with E-state index >= 15 is 0 Å². The van der Waals surface area contributed by atoms with Crippen molar-refractivity contribution in [1.82, 2.24) is 9.78 Å². The minimum absolute atomic E-state index is 0.0138. The molecule has 5 heteroatoms. The normalized spacial score (nSPS) is 19.8. The molecule has 4 rings (SSSR count). The quantitative estimate of drug-likeness (QED) is 0.754. The van der Waals surface area contributed by atoms with Crippen LogP contribution in [-0.4, -0.2) is 32.9 Å². The first kappa shape index (κ1) is 16.0. The van der Waals surface area contributed by atoms with E-state index in [0.717, 1.165) is 34.9 Å². The van der Waals surface area contributed by atoms with E-state index in [0.29, 0.717) is 6.42 Å². The number of fused-ring (bicyclic) bond motifs is 2. The zero-order chi connectivity index (χ0) is 17.6. The molecule has 5 nitrogen and oxygen atoms in total. The van der Waals surface area contributed by atoms with E-state index in [1.807, 2.05) is 12.1 Å². The molecule has 0 spiro atoms. The number of carbonyl (C=O) groups excluding carboxylic acids is 1. The average Bonchev–Trinajstić information content (AvgIpc) is 3.04. The fraction of sp³-hybridized carbons (Fsp3) is 0.300. The highest BCUT2D eigenvalue weighted by atomic mass is 16.3. The van der Waals surface area contributed by atoms with E-state index < -0.39 is 5.54 Å². The molecule has 1 aliphatic rings. The first-order valence-corrected chi connectivity index (χ1v) is 8.50. The number of hydrogen-bond donors (Lipinski definition) is 2. The molecule has 2 aromatic carbocycles. The van der Waals surface area contributed by atoms with Gasteiger partial charge in [0.15, 0.2) is 0 Å². The van der Waals surface area contributed by atoms with Gasteiger partial charge in [-0.2, -0.15) is 5.10 Å². The SMILES string of the molecule is CC(=O)n1ncc2ccc(-c3ccc4c(c3)CCC(N)(CO)C4)cc21. The Morgan fingerprint density at radius 2 is 2.00 bits per heavy atom. The Balaban J connectivity index is 1.75. The van der Waals surface area contributed by atoms with Gasteiger partial charge in [-0.25, -0.2) is 4.68 Å². The van der Waals surface area contributed by atoms with Crippen LogP contribution in [0.2, 0.25) is 0 Å². The Bertz CT molecular complexity index is 976. The predicted octanol–water partition coefficient (Wildman–Crippen LogP) is 2.54. The maximum Gasteiger partial charge on any atom is 0.244 e. The van der Waals surface area contributed by atoms with Crippen molar-refractivity contribution >= 4 is 16.8 Å². The number of nitrogens with two attached hydrogens (primary N) is 1. The summed E-state index contributed by atoms with van der Waals surface area (Å²) in [7, 11) is 0. The lowest BCUT2D eigenvalue weighted by atomic mass is 9.78. The van der Waals surface area contributed by atoms with Crippen molar-refractivity contribution in [2.24, 2.45) is 5.73 Å². The van der Waals surface area contributed by atoms with Crippen LogP contribution in [0.3, 0.4) is 0 Å². The molecule has 0 saturated carbocycles. The van der Waals surface area contributed by atoms with Gasteiger partial charge in [0, 0.05) is 17.8 Å². The topological polar surface area (TPSA) is 81.1 Å². The minimum Gasteiger partial charge on any atom is -0.394 e. The molecule has 3 aromatic rings. The van der Waals surface area contributed by atoms with Crippen molar-refractivity contribution in [3.63, 3.8) is 0 Å². The molecule has 0 amide bonds. The maximum absolute atomic E-state index is 11.7. The Morgan fingerprint density at radius 1 is 1.24 bits per heavy atom. The van der Waals surface area contributed by atoms with Crippen LogP contribution < -0.4 is 5.73 Å². The molecule has 0 aliphatic heterocycles. The van der Waals surface area contributed by atoms with Gasteiger partial charge in [0.1, 0.15) is 0 Å². The van der Waals surface area contributed by atoms with E-state index in [4.69, 9.17) is 5.73 Å². The fourth-order valence-corrected chi connectivity index (χ4v) is 3.65. The third kappa shape index (κ3) is 2.75. The van der Waals surface area contributed by atoms with Gasteiger partial charge in [-0.1, -0.05) is 30.3 Å². The highest BCUT2D eigenvalue weighted by molar-refractivity contribution is 5.92. The second-order valence-electron chi connectivity index (χ2n) is 7.03. The van der Waals surface area contributed by atoms with Gasteiger partial charge >= 0.3 is 0 Å². The summed E-state index contributed by atoms with van der Waals surface area (Å²) in [5.74, 6) is -0.0964. The standard InChI is InChI=1S/C20H21N3O2/c1-13(25)23-19-9-15(3-5-18(19)11-22-23)14-2-4-17-10-20(21,12-24)7-6-16(17)8-14/h2-5,8-9,11,24H,6-7,10,12,21H2,1H3. The Morgan fingerprint density at radius 3 is 2.76 bits per heavy atom. The molecule has 1 aromatic heterocycles. The van der Waals surface area contributed by atoms with Gasteiger partial charge in [-0.15, -0.1) is 0 Å². The molecule has 1 unspecified atom stereocenters. The summed E-state index contributed by atoms with van der Waals surface area (Å²) in [5.41, 5.74) is 11.2. The van der Waals surface area contributed by atoms with E-state index in [2.05, 4.69) is 29.4 Å². The Labute approximate surface area is 146 Å². The van der Waals surface area contributed by atoms with E-state index in [1.165, 1.54) is 22.7 Å². The number of benzene rings is 2. The number of aliphatic hydroxyl groups is 1. The molecule has 1 atom stereocenters. The average molecular weight is 335 g/mol. The van der Waals surface area contributed by atoms with Crippen LogP contribution in [0.4, 0.5) is 0 Å². The van der Waals surface area contributed by atoms with Crippen LogP contribution in [0.5, 0.6) is 0 Å². The minimum atomic E-state index is -0.499. The molecule has 1 aliphatic carbocycles. The van der Waals surface area contributed by atoms with Crippen LogP contribution in [0.25, 0.3) is 22.0 Å². The summed E-state index contributed by atoms with van der Waals surface area (Å²) in [6.07, 6.45) is 4.07. The van der Waals surface area contributed by atoms with E-state index in [9.17, 15) is 9.90 Å². The summed E-state index contributed by atoms with van der Waals surface area (Å²) < 4.78 is 1.43. The number of carbonyl (C=O) groups is 1. The van der Waals surface area contributed by atoms with Crippen molar-refractivity contribution in [2.75, 3.05) is 6.61 Å². The van der Waals surface area contributed by atoms with Crippen molar-refractivity contribution < 1.29 is 9.90 Å².